The van der Waals surface area contributed by atoms with Crippen molar-refractivity contribution >= 4 is 172 Å². The van der Waals surface area contributed by atoms with Crippen LogP contribution >= 0.6 is 37.1 Å². The molecule has 0 fully saturated rings. The smallest absolute Gasteiger partial charge is 0.0754 e. The van der Waals surface area contributed by atoms with E-state index < -0.39 is 37.1 Å². The number of benzene rings is 12. The molecular weight excluding hydrogens is 1370 g/mol. The normalized spacial score (nSPS) is 12.5. The van der Waals surface area contributed by atoms with Crippen LogP contribution in [-0.2, 0) is 70.8 Å². The Kier molecular flexibility index (Phi) is 22.7. The van der Waals surface area contributed by atoms with Gasteiger partial charge in [0.2, 0.25) is 0 Å². The molecule has 12 rings (SSSR count). The molecule has 0 spiro atoms. The van der Waals surface area contributed by atoms with Crippen molar-refractivity contribution in [3.05, 3.63) is 364 Å². The maximum atomic E-state index is 7.62. The lowest BCUT2D eigenvalue weighted by Gasteiger charge is -2.47. The monoisotopic (exact) mass is 1440 g/mol. The molecule has 0 aromatic heterocycles. The molecule has 0 bridgehead atoms. The first-order valence-electron chi connectivity index (χ1n) is 31.3. The van der Waals surface area contributed by atoms with Crippen LogP contribution in [0.4, 0.5) is 0 Å². The lowest BCUT2D eigenvalue weighted by atomic mass is 10.4. The maximum Gasteiger partial charge on any atom is 0.0754 e. The first-order valence-corrected chi connectivity index (χ1v) is 47.8. The van der Waals surface area contributed by atoms with Crippen molar-refractivity contribution in [2.24, 2.45) is 0 Å². The highest BCUT2D eigenvalue weighted by Gasteiger charge is 2.45. The van der Waals surface area contributed by atoms with E-state index in [9.17, 15) is 0 Å². The Labute approximate surface area is 587 Å². The molecule has 4 nitrogen and oxygen atoms in total. The summed E-state index contributed by atoms with van der Waals surface area (Å²) in [5, 5.41) is 13.0. The van der Waals surface area contributed by atoms with Gasteiger partial charge in [0.15, 0.2) is 0 Å². The first-order chi connectivity index (χ1) is 45.9. The van der Waals surface area contributed by atoms with E-state index in [1.54, 1.807) is 0 Å². The van der Waals surface area contributed by atoms with Gasteiger partial charge in [0, 0.05) is 103 Å². The molecule has 12 aromatic carbocycles. The predicted molar refractivity (Wildman–Crippen MR) is 435 cm³/mol. The van der Waals surface area contributed by atoms with Crippen LogP contribution < -0.4 is 63.7 Å². The fourth-order valence-corrected chi connectivity index (χ4v) is 47.6. The molecule has 0 aliphatic carbocycles. The van der Waals surface area contributed by atoms with Gasteiger partial charge < -0.3 is 0 Å². The van der Waals surface area contributed by atoms with Crippen molar-refractivity contribution in [3.63, 3.8) is 0 Å². The van der Waals surface area contributed by atoms with Crippen LogP contribution in [0, 0.1) is 0 Å². The second kappa shape index (κ2) is 31.3. The van der Waals surface area contributed by atoms with Gasteiger partial charge in [0.05, 0.1) is 37.1 Å². The van der Waals surface area contributed by atoms with Crippen LogP contribution in [-0.4, -0.2) is 57.5 Å². The summed E-state index contributed by atoms with van der Waals surface area (Å²) >= 11 is 45.7. The summed E-state index contributed by atoms with van der Waals surface area (Å²) < 4.78 is 7.95. The van der Waals surface area contributed by atoms with E-state index in [0.717, 1.165) is 63.7 Å². The van der Waals surface area contributed by atoms with Crippen molar-refractivity contribution in [2.45, 2.75) is 0 Å². The third-order valence-electron chi connectivity index (χ3n) is 17.1. The summed E-state index contributed by atoms with van der Waals surface area (Å²) in [6.45, 7) is 3.19. The summed E-state index contributed by atoms with van der Waals surface area (Å²) in [4.78, 5) is 2.66. The second-order valence-corrected chi connectivity index (χ2v) is 49.1. The van der Waals surface area contributed by atoms with Crippen LogP contribution in [0.25, 0.3) is 0 Å². The van der Waals surface area contributed by atoms with Gasteiger partial charge in [-0.3, -0.25) is 4.90 Å². The van der Waals surface area contributed by atoms with E-state index in [1.807, 2.05) is 0 Å². The van der Waals surface area contributed by atoms with Gasteiger partial charge in [0.25, 0.3) is 0 Å². The minimum Gasteiger partial charge on any atom is -0.299 e. The van der Waals surface area contributed by atoms with Crippen LogP contribution in [0.1, 0.15) is 0 Å². The number of nitrogens with zero attached hydrogens (tertiary/aromatic N) is 4. The largest absolute Gasteiger partial charge is 0.299 e. The average Bonchev–Trinajstić information content (AvgIpc) is 0.745. The Hall–Kier alpha value is -5.62. The average molecular weight is 1440 g/mol. The number of hydrogen-bond donors (Lipinski definition) is 0. The van der Waals surface area contributed by atoms with Gasteiger partial charge in [-0.25, -0.2) is 13.3 Å². The van der Waals surface area contributed by atoms with Gasteiger partial charge >= 0.3 is 0 Å². The van der Waals surface area contributed by atoms with Crippen LogP contribution in [0.2, 0.25) is 0 Å². The molecule has 0 saturated heterocycles. The van der Waals surface area contributed by atoms with Gasteiger partial charge in [-0.1, -0.05) is 435 Å². The number of hydrogen-bond acceptors (Lipinski definition) is 7. The first kappa shape index (κ1) is 68.3. The highest BCUT2D eigenvalue weighted by atomic mass is 32.5. The van der Waals surface area contributed by atoms with Crippen molar-refractivity contribution in [2.75, 3.05) is 39.3 Å². The molecule has 0 aliphatic heterocycles. The quantitative estimate of drug-likeness (QED) is 0.0460. The fourth-order valence-electron chi connectivity index (χ4n) is 12.5. The van der Waals surface area contributed by atoms with Crippen LogP contribution in [0.3, 0.4) is 0 Å². The Morgan fingerprint density at radius 3 is 0.340 bits per heavy atom. The minimum absolute atomic E-state index is 0.510. The van der Waals surface area contributed by atoms with Gasteiger partial charge in [-0.2, -0.15) is 0 Å². The van der Waals surface area contributed by atoms with Gasteiger partial charge in [-0.15, -0.1) is 0 Å². The van der Waals surface area contributed by atoms with Crippen molar-refractivity contribution in [1.29, 1.82) is 0 Å². The summed E-state index contributed by atoms with van der Waals surface area (Å²) in [6, 6.07) is 129. The fraction of sp³-hybridized carbons (Fsp3) is 0.0769. The predicted octanol–water partition coefficient (Wildman–Crippen LogP) is 14.5. The van der Waals surface area contributed by atoms with Gasteiger partial charge in [0.1, 0.15) is 0 Å². The lowest BCUT2D eigenvalue weighted by Crippen LogP contribution is -2.46. The van der Waals surface area contributed by atoms with Gasteiger partial charge in [-0.05, 0) is 0 Å². The molecule has 0 amide bonds. The summed E-state index contributed by atoms with van der Waals surface area (Å²) in [7, 11) is 0. The number of rotatable bonds is 27. The zero-order chi connectivity index (χ0) is 64.9. The second-order valence-electron chi connectivity index (χ2n) is 22.6. The third kappa shape index (κ3) is 13.8. The lowest BCUT2D eigenvalue weighted by molar-refractivity contribution is 0.262. The van der Waals surface area contributed by atoms with E-state index in [-0.39, 0.29) is 0 Å². The van der Waals surface area contributed by atoms with Crippen molar-refractivity contribution in [3.8, 4) is 0 Å². The molecule has 0 radical (unpaired) electrons. The molecule has 0 unspecified atom stereocenters. The molecule has 12 aromatic rings. The molecule has 0 atom stereocenters. The molecular formula is C78H72N4P6S6. The summed E-state index contributed by atoms with van der Waals surface area (Å²) in [5.74, 6) is 0. The zero-order valence-electron chi connectivity index (χ0n) is 51.8. The molecule has 16 heteroatoms. The van der Waals surface area contributed by atoms with Crippen molar-refractivity contribution in [1.82, 2.24) is 18.2 Å². The van der Waals surface area contributed by atoms with E-state index in [1.165, 1.54) is 0 Å². The Balaban J connectivity index is 1.11. The third-order valence-corrected chi connectivity index (χ3v) is 52.3. The SMILES string of the molecule is S=P(c1ccccc1)(c1ccccc1)N(CCN(CCN(P(=S)(c1ccccc1)c1ccccc1)P(=S)(c1ccccc1)c1ccccc1)CCN(P(=S)(c1ccccc1)c1ccccc1)P(=S)(c1ccccc1)c1ccccc1)P(=S)(c1ccccc1)c1ccccc1. The van der Waals surface area contributed by atoms with E-state index in [4.69, 9.17) is 70.8 Å². The van der Waals surface area contributed by atoms with Crippen molar-refractivity contribution < 1.29 is 0 Å². The summed E-state index contributed by atoms with van der Waals surface area (Å²) in [5.41, 5.74) is 0. The molecule has 0 saturated carbocycles. The molecule has 0 N–H and O–H groups in total. The minimum atomic E-state index is -3.03. The standard InChI is InChI=1S/C78H72N4P6S6/c89-83(67-37-13-1-14-38-67,68-39-15-2-16-40-68)80(84(90,69-41-17-3-18-42-69)70-43-19-4-20-44-70)64-61-79(62-65-81(85(91,71-45-21-5-22-46-71)72-47-23-6-24-48-72)86(92,73-49-25-7-26-50-73)74-51-27-8-28-52-74)63-66-82(87(93,75-53-29-9-30-54-75)76-55-31-10-32-56-76)88(94,77-57-33-11-34-58-77)78-59-35-12-36-60-78/h1-60H,61-66H2. The molecule has 470 valence electrons. The Morgan fingerprint density at radius 1 is 0.149 bits per heavy atom. The topological polar surface area (TPSA) is 13.0 Å². The van der Waals surface area contributed by atoms with Crippen LogP contribution in [0.5, 0.6) is 0 Å². The van der Waals surface area contributed by atoms with E-state index >= 15 is 0 Å². The molecule has 94 heavy (non-hydrogen) atoms. The molecule has 0 heterocycles. The molecule has 0 aliphatic rings. The van der Waals surface area contributed by atoms with Crippen LogP contribution in [0.15, 0.2) is 364 Å². The maximum absolute atomic E-state index is 7.62. The zero-order valence-corrected chi connectivity index (χ0v) is 62.1. The highest BCUT2D eigenvalue weighted by Crippen LogP contribution is 2.67. The van der Waals surface area contributed by atoms with E-state index in [0.29, 0.717) is 39.3 Å². The summed E-state index contributed by atoms with van der Waals surface area (Å²) in [6.07, 6.45) is -18.2. The Morgan fingerprint density at radius 2 is 0.245 bits per heavy atom. The highest BCUT2D eigenvalue weighted by molar-refractivity contribution is 8.31. The van der Waals surface area contributed by atoms with E-state index in [2.05, 4.69) is 382 Å². The Bertz CT molecular complexity index is 3670.